The van der Waals surface area contributed by atoms with Crippen molar-refractivity contribution in [3.05, 3.63) is 70.5 Å². The SMILES string of the molecule is Cc1ccc(Nc2nc(Nc3ccc(Cl)cc3)c3nccnc3n2)cc1Cl. The van der Waals surface area contributed by atoms with E-state index >= 15 is 0 Å². The van der Waals surface area contributed by atoms with Crippen LogP contribution in [-0.4, -0.2) is 19.9 Å². The second-order valence-corrected chi connectivity index (χ2v) is 6.69. The molecule has 2 aromatic carbocycles. The van der Waals surface area contributed by atoms with Crippen molar-refractivity contribution in [2.24, 2.45) is 0 Å². The molecule has 0 aliphatic rings. The van der Waals surface area contributed by atoms with E-state index in [1.165, 1.54) is 0 Å². The maximum atomic E-state index is 6.20. The molecule has 0 amide bonds. The van der Waals surface area contributed by atoms with Crippen molar-refractivity contribution in [1.29, 1.82) is 0 Å². The van der Waals surface area contributed by atoms with E-state index in [0.29, 0.717) is 33.0 Å². The van der Waals surface area contributed by atoms with Gasteiger partial charge in [0.15, 0.2) is 17.0 Å². The van der Waals surface area contributed by atoms with E-state index in [0.717, 1.165) is 16.9 Å². The van der Waals surface area contributed by atoms with Crippen LogP contribution in [0.4, 0.5) is 23.1 Å². The Labute approximate surface area is 165 Å². The van der Waals surface area contributed by atoms with Crippen LogP contribution in [0.3, 0.4) is 0 Å². The van der Waals surface area contributed by atoms with Crippen molar-refractivity contribution in [1.82, 2.24) is 19.9 Å². The standard InChI is InChI=1S/C19H14Cl2N6/c1-11-2-5-14(10-15(11)21)25-19-26-17-16(22-8-9-23-17)18(27-19)24-13-6-3-12(20)4-7-13/h2-10H,1H3,(H2,23,24,25,26,27). The van der Waals surface area contributed by atoms with Gasteiger partial charge in [0, 0.05) is 33.8 Å². The number of aryl methyl sites for hydroxylation is 1. The fraction of sp³-hybridized carbons (Fsp3) is 0.0526. The molecule has 0 spiro atoms. The van der Waals surface area contributed by atoms with Gasteiger partial charge < -0.3 is 10.6 Å². The van der Waals surface area contributed by atoms with Crippen LogP contribution in [0.25, 0.3) is 11.2 Å². The normalized spacial score (nSPS) is 10.8. The van der Waals surface area contributed by atoms with Crippen LogP contribution >= 0.6 is 23.2 Å². The van der Waals surface area contributed by atoms with Crippen LogP contribution in [0.5, 0.6) is 0 Å². The third-order valence-electron chi connectivity index (χ3n) is 3.87. The Balaban J connectivity index is 1.73. The molecule has 2 aromatic heterocycles. The van der Waals surface area contributed by atoms with E-state index < -0.39 is 0 Å². The predicted molar refractivity (Wildman–Crippen MR) is 109 cm³/mol. The number of halogens is 2. The number of hydrogen-bond acceptors (Lipinski definition) is 6. The minimum absolute atomic E-state index is 0.388. The topological polar surface area (TPSA) is 75.6 Å². The van der Waals surface area contributed by atoms with Gasteiger partial charge in [0.25, 0.3) is 0 Å². The zero-order chi connectivity index (χ0) is 18.8. The molecular formula is C19H14Cl2N6. The molecule has 2 heterocycles. The summed E-state index contributed by atoms with van der Waals surface area (Å²) in [4.78, 5) is 17.6. The molecular weight excluding hydrogens is 383 g/mol. The average Bonchev–Trinajstić information content (AvgIpc) is 2.67. The highest BCUT2D eigenvalue weighted by Gasteiger charge is 2.11. The highest BCUT2D eigenvalue weighted by atomic mass is 35.5. The molecule has 2 N–H and O–H groups in total. The van der Waals surface area contributed by atoms with Crippen LogP contribution in [0.15, 0.2) is 54.9 Å². The summed E-state index contributed by atoms with van der Waals surface area (Å²) >= 11 is 12.2. The van der Waals surface area contributed by atoms with Crippen molar-refractivity contribution in [2.45, 2.75) is 6.92 Å². The molecule has 4 rings (SSSR count). The van der Waals surface area contributed by atoms with Gasteiger partial charge in [0.1, 0.15) is 0 Å². The zero-order valence-electron chi connectivity index (χ0n) is 14.2. The summed E-state index contributed by atoms with van der Waals surface area (Å²) in [5.41, 5.74) is 3.66. The largest absolute Gasteiger partial charge is 0.338 e. The van der Waals surface area contributed by atoms with Crippen LogP contribution in [0.2, 0.25) is 10.0 Å². The summed E-state index contributed by atoms with van der Waals surface area (Å²) in [7, 11) is 0. The molecule has 0 fully saturated rings. The summed E-state index contributed by atoms with van der Waals surface area (Å²) in [5.74, 6) is 0.926. The molecule has 0 bridgehead atoms. The first kappa shape index (κ1) is 17.5. The van der Waals surface area contributed by atoms with Crippen LogP contribution in [0, 0.1) is 6.92 Å². The number of hydrogen-bond donors (Lipinski definition) is 2. The first-order valence-electron chi connectivity index (χ1n) is 8.13. The Bertz CT molecular complexity index is 1110. The lowest BCUT2D eigenvalue weighted by Gasteiger charge is -2.11. The van der Waals surface area contributed by atoms with Gasteiger partial charge in [-0.1, -0.05) is 29.3 Å². The number of benzene rings is 2. The molecule has 0 saturated heterocycles. The zero-order valence-corrected chi connectivity index (χ0v) is 15.8. The molecule has 6 nitrogen and oxygen atoms in total. The molecule has 27 heavy (non-hydrogen) atoms. The van der Waals surface area contributed by atoms with Gasteiger partial charge in [0.2, 0.25) is 5.95 Å². The maximum absolute atomic E-state index is 6.20. The predicted octanol–water partition coefficient (Wildman–Crippen LogP) is 5.52. The first-order chi connectivity index (χ1) is 13.1. The van der Waals surface area contributed by atoms with E-state index in [-0.39, 0.29) is 0 Å². The summed E-state index contributed by atoms with van der Waals surface area (Å²) in [6.45, 7) is 1.95. The van der Waals surface area contributed by atoms with Gasteiger partial charge in [0.05, 0.1) is 0 Å². The number of nitrogens with zero attached hydrogens (tertiary/aromatic N) is 4. The number of anilines is 4. The lowest BCUT2D eigenvalue weighted by molar-refractivity contribution is 1.15. The number of fused-ring (bicyclic) bond motifs is 1. The van der Waals surface area contributed by atoms with E-state index in [2.05, 4.69) is 30.6 Å². The van der Waals surface area contributed by atoms with Gasteiger partial charge in [-0.25, -0.2) is 9.97 Å². The van der Waals surface area contributed by atoms with Gasteiger partial charge >= 0.3 is 0 Å². The number of aromatic nitrogens is 4. The average molecular weight is 397 g/mol. The molecule has 0 unspecified atom stereocenters. The highest BCUT2D eigenvalue weighted by molar-refractivity contribution is 6.31. The van der Waals surface area contributed by atoms with Crippen molar-refractivity contribution >= 4 is 57.5 Å². The van der Waals surface area contributed by atoms with Crippen molar-refractivity contribution in [3.8, 4) is 0 Å². The van der Waals surface area contributed by atoms with Crippen molar-refractivity contribution in [2.75, 3.05) is 10.6 Å². The second kappa shape index (κ2) is 7.34. The van der Waals surface area contributed by atoms with E-state index in [4.69, 9.17) is 23.2 Å². The summed E-state index contributed by atoms with van der Waals surface area (Å²) < 4.78 is 0. The Kier molecular flexibility index (Phi) is 4.75. The van der Waals surface area contributed by atoms with Crippen LogP contribution in [0.1, 0.15) is 5.56 Å². The Hall–Kier alpha value is -2.96. The van der Waals surface area contributed by atoms with Gasteiger partial charge in [-0.3, -0.25) is 0 Å². The van der Waals surface area contributed by atoms with Gasteiger partial charge in [-0.05, 0) is 48.9 Å². The molecule has 0 saturated carbocycles. The van der Waals surface area contributed by atoms with Crippen molar-refractivity contribution in [3.63, 3.8) is 0 Å². The summed E-state index contributed by atoms with van der Waals surface area (Å²) in [6.07, 6.45) is 3.19. The minimum Gasteiger partial charge on any atom is -0.338 e. The molecule has 0 aliphatic carbocycles. The molecule has 0 atom stereocenters. The lowest BCUT2D eigenvalue weighted by Crippen LogP contribution is -2.04. The molecule has 8 heteroatoms. The minimum atomic E-state index is 0.388. The van der Waals surface area contributed by atoms with Crippen LogP contribution < -0.4 is 10.6 Å². The molecule has 4 aromatic rings. The van der Waals surface area contributed by atoms with E-state index in [1.54, 1.807) is 24.5 Å². The summed E-state index contributed by atoms with van der Waals surface area (Å²) in [5, 5.41) is 7.73. The fourth-order valence-electron chi connectivity index (χ4n) is 2.48. The van der Waals surface area contributed by atoms with Gasteiger partial charge in [-0.2, -0.15) is 9.97 Å². The Morgan fingerprint density at radius 3 is 2.33 bits per heavy atom. The fourth-order valence-corrected chi connectivity index (χ4v) is 2.78. The third-order valence-corrected chi connectivity index (χ3v) is 4.53. The number of nitrogens with one attached hydrogen (secondary N) is 2. The number of rotatable bonds is 4. The lowest BCUT2D eigenvalue weighted by atomic mass is 10.2. The maximum Gasteiger partial charge on any atom is 0.231 e. The molecule has 0 radical (unpaired) electrons. The third kappa shape index (κ3) is 3.92. The second-order valence-electron chi connectivity index (χ2n) is 5.85. The smallest absolute Gasteiger partial charge is 0.231 e. The van der Waals surface area contributed by atoms with Crippen molar-refractivity contribution < 1.29 is 0 Å². The summed E-state index contributed by atoms with van der Waals surface area (Å²) in [6, 6.07) is 13.0. The van der Waals surface area contributed by atoms with Crippen LogP contribution in [-0.2, 0) is 0 Å². The monoisotopic (exact) mass is 396 g/mol. The molecule has 0 aliphatic heterocycles. The van der Waals surface area contributed by atoms with E-state index in [1.807, 2.05) is 37.3 Å². The van der Waals surface area contributed by atoms with Gasteiger partial charge in [-0.15, -0.1) is 0 Å². The highest BCUT2D eigenvalue weighted by Crippen LogP contribution is 2.26. The van der Waals surface area contributed by atoms with E-state index in [9.17, 15) is 0 Å². The quantitative estimate of drug-likeness (QED) is 0.472. The molecule has 134 valence electrons. The Morgan fingerprint density at radius 1 is 0.815 bits per heavy atom. The first-order valence-corrected chi connectivity index (χ1v) is 8.88. The Morgan fingerprint density at radius 2 is 1.56 bits per heavy atom.